The van der Waals surface area contributed by atoms with Gasteiger partial charge in [0.05, 0.1) is 13.7 Å². The second kappa shape index (κ2) is 9.92. The van der Waals surface area contributed by atoms with Gasteiger partial charge in [0.15, 0.2) is 0 Å². The molecule has 2 saturated heterocycles. The highest BCUT2D eigenvalue weighted by Gasteiger charge is 2.49. The number of hydrogen-bond donors (Lipinski definition) is 2. The lowest BCUT2D eigenvalue weighted by Gasteiger charge is -2.57. The molecule has 0 radical (unpaired) electrons. The maximum absolute atomic E-state index is 12.7. The fourth-order valence-electron chi connectivity index (χ4n) is 5.16. The van der Waals surface area contributed by atoms with E-state index in [1.807, 2.05) is 36.9 Å². The Bertz CT molecular complexity index is 915. The van der Waals surface area contributed by atoms with Crippen LogP contribution in [0.3, 0.4) is 0 Å². The highest BCUT2D eigenvalue weighted by Crippen LogP contribution is 2.42. The Morgan fingerprint density at radius 2 is 1.88 bits per heavy atom. The van der Waals surface area contributed by atoms with E-state index in [0.29, 0.717) is 6.54 Å². The minimum atomic E-state index is 0.0152. The molecular weight excluding hydrogens is 402 g/mol. The number of rotatable bonds is 5. The Kier molecular flexibility index (Phi) is 7.01. The first-order valence-electron chi connectivity index (χ1n) is 11.7. The van der Waals surface area contributed by atoms with Crippen LogP contribution in [0.25, 0.3) is 11.1 Å². The fourth-order valence-corrected chi connectivity index (χ4v) is 5.16. The number of fused-ring (bicyclic) bond motifs is 1. The number of benzene rings is 2. The number of nitrogens with zero attached hydrogens (tertiary/aromatic N) is 2. The molecule has 2 aliphatic heterocycles. The lowest BCUT2D eigenvalue weighted by Crippen LogP contribution is -2.68. The molecule has 2 fully saturated rings. The standard InChI is InChI=1S/C26H35N3O3/c1-18(2)27-26(31)28-13-4-5-14-29-23(16-28)25(24(29)17-30)20-11-9-19(10-12-20)21-7-6-8-22(15-21)32-3/h6-12,15,18,23-25,30H,4-5,13-14,16-17H2,1-3H3,(H,27,31)/t23-,24+,25-/m1/s1. The van der Waals surface area contributed by atoms with Gasteiger partial charge in [-0.3, -0.25) is 4.90 Å². The minimum Gasteiger partial charge on any atom is -0.497 e. The quantitative estimate of drug-likeness (QED) is 0.749. The summed E-state index contributed by atoms with van der Waals surface area (Å²) in [5.41, 5.74) is 3.48. The second-order valence-electron chi connectivity index (χ2n) is 9.19. The highest BCUT2D eigenvalue weighted by atomic mass is 16.5. The number of carbonyl (C=O) groups is 1. The van der Waals surface area contributed by atoms with Gasteiger partial charge in [0, 0.05) is 37.1 Å². The topological polar surface area (TPSA) is 65.0 Å². The van der Waals surface area contributed by atoms with Crippen LogP contribution in [0.1, 0.15) is 38.2 Å². The van der Waals surface area contributed by atoms with Crippen molar-refractivity contribution in [3.8, 4) is 16.9 Å². The summed E-state index contributed by atoms with van der Waals surface area (Å²) in [7, 11) is 1.68. The van der Waals surface area contributed by atoms with Crippen molar-refractivity contribution in [3.05, 3.63) is 54.1 Å². The molecule has 0 aliphatic carbocycles. The van der Waals surface area contributed by atoms with Crippen molar-refractivity contribution in [2.75, 3.05) is 33.4 Å². The fraction of sp³-hybridized carbons (Fsp3) is 0.500. The summed E-state index contributed by atoms with van der Waals surface area (Å²) >= 11 is 0. The Morgan fingerprint density at radius 1 is 1.12 bits per heavy atom. The number of hydrogen-bond acceptors (Lipinski definition) is 4. The van der Waals surface area contributed by atoms with Crippen LogP contribution in [0.15, 0.2) is 48.5 Å². The van der Waals surface area contributed by atoms with E-state index in [-0.39, 0.29) is 36.7 Å². The van der Waals surface area contributed by atoms with Crippen LogP contribution in [0.2, 0.25) is 0 Å². The number of nitrogens with one attached hydrogen (secondary N) is 1. The average Bonchev–Trinajstić information content (AvgIpc) is 2.78. The molecule has 2 aliphatic rings. The molecule has 172 valence electrons. The average molecular weight is 438 g/mol. The molecule has 0 saturated carbocycles. The van der Waals surface area contributed by atoms with Crippen LogP contribution < -0.4 is 10.1 Å². The Hall–Kier alpha value is -2.57. The third-order valence-electron chi connectivity index (χ3n) is 6.77. The van der Waals surface area contributed by atoms with E-state index in [2.05, 4.69) is 40.5 Å². The summed E-state index contributed by atoms with van der Waals surface area (Å²) in [6.07, 6.45) is 2.03. The predicted molar refractivity (Wildman–Crippen MR) is 127 cm³/mol. The smallest absolute Gasteiger partial charge is 0.317 e. The van der Waals surface area contributed by atoms with Crippen molar-refractivity contribution in [1.29, 1.82) is 0 Å². The highest BCUT2D eigenvalue weighted by molar-refractivity contribution is 5.74. The van der Waals surface area contributed by atoms with E-state index in [0.717, 1.165) is 42.8 Å². The van der Waals surface area contributed by atoms with Crippen molar-refractivity contribution < 1.29 is 14.6 Å². The van der Waals surface area contributed by atoms with E-state index >= 15 is 0 Å². The first-order valence-corrected chi connectivity index (χ1v) is 11.7. The van der Waals surface area contributed by atoms with Gasteiger partial charge in [-0.25, -0.2) is 4.79 Å². The molecule has 4 rings (SSSR count). The summed E-state index contributed by atoms with van der Waals surface area (Å²) in [6.45, 7) is 6.58. The zero-order chi connectivity index (χ0) is 22.7. The van der Waals surface area contributed by atoms with E-state index < -0.39 is 0 Å². The van der Waals surface area contributed by atoms with Crippen molar-refractivity contribution >= 4 is 6.03 Å². The van der Waals surface area contributed by atoms with E-state index in [1.165, 1.54) is 5.56 Å². The first kappa shape index (κ1) is 22.6. The lowest BCUT2D eigenvalue weighted by molar-refractivity contribution is -0.0591. The molecule has 2 N–H and O–H groups in total. The van der Waals surface area contributed by atoms with E-state index in [4.69, 9.17) is 4.74 Å². The van der Waals surface area contributed by atoms with Gasteiger partial charge in [0.25, 0.3) is 0 Å². The third-order valence-corrected chi connectivity index (χ3v) is 6.77. The summed E-state index contributed by atoms with van der Waals surface area (Å²) in [5, 5.41) is 13.2. The molecule has 0 spiro atoms. The largest absolute Gasteiger partial charge is 0.497 e. The molecule has 0 bridgehead atoms. The summed E-state index contributed by atoms with van der Waals surface area (Å²) < 4.78 is 5.36. The predicted octanol–water partition coefficient (Wildman–Crippen LogP) is 3.70. The van der Waals surface area contributed by atoms with Crippen LogP contribution in [0, 0.1) is 0 Å². The van der Waals surface area contributed by atoms with Crippen LogP contribution in [-0.2, 0) is 0 Å². The molecular formula is C26H35N3O3. The van der Waals surface area contributed by atoms with Gasteiger partial charge >= 0.3 is 6.03 Å². The Morgan fingerprint density at radius 3 is 2.56 bits per heavy atom. The third kappa shape index (κ3) is 4.62. The number of methoxy groups -OCH3 is 1. The number of aliphatic hydroxyl groups is 1. The van der Waals surface area contributed by atoms with Gasteiger partial charge in [0.2, 0.25) is 0 Å². The molecule has 2 heterocycles. The van der Waals surface area contributed by atoms with E-state index in [9.17, 15) is 9.90 Å². The van der Waals surface area contributed by atoms with Crippen molar-refractivity contribution in [2.45, 2.75) is 50.7 Å². The number of amides is 2. The van der Waals surface area contributed by atoms with Crippen LogP contribution >= 0.6 is 0 Å². The van der Waals surface area contributed by atoms with Gasteiger partial charge in [-0.15, -0.1) is 0 Å². The molecule has 2 amide bonds. The number of ether oxygens (including phenoxy) is 1. The van der Waals surface area contributed by atoms with Gasteiger partial charge in [-0.2, -0.15) is 0 Å². The van der Waals surface area contributed by atoms with Gasteiger partial charge in [-0.05, 0) is 62.1 Å². The minimum absolute atomic E-state index is 0.0152. The molecule has 32 heavy (non-hydrogen) atoms. The number of carbonyl (C=O) groups excluding carboxylic acids is 1. The maximum atomic E-state index is 12.7. The SMILES string of the molecule is COc1cccc(-c2ccc([C@@H]3[C@H]4CN(C(=O)NC(C)C)CCCCN4[C@H]3CO)cc2)c1. The zero-order valence-corrected chi connectivity index (χ0v) is 19.3. The van der Waals surface area contributed by atoms with Crippen LogP contribution in [0.4, 0.5) is 4.79 Å². The van der Waals surface area contributed by atoms with Gasteiger partial charge in [0.1, 0.15) is 5.75 Å². The van der Waals surface area contributed by atoms with Crippen LogP contribution in [-0.4, -0.2) is 72.4 Å². The summed E-state index contributed by atoms with van der Waals surface area (Å²) in [5.74, 6) is 1.06. The van der Waals surface area contributed by atoms with Crippen molar-refractivity contribution in [3.63, 3.8) is 0 Å². The Labute approximate surface area is 191 Å². The monoisotopic (exact) mass is 437 g/mol. The molecule has 2 aromatic rings. The maximum Gasteiger partial charge on any atom is 0.317 e. The van der Waals surface area contributed by atoms with Gasteiger partial charge < -0.3 is 20.1 Å². The molecule has 0 aromatic heterocycles. The molecule has 2 aromatic carbocycles. The van der Waals surface area contributed by atoms with Crippen LogP contribution in [0.5, 0.6) is 5.75 Å². The molecule has 3 atom stereocenters. The molecule has 0 unspecified atom stereocenters. The van der Waals surface area contributed by atoms with E-state index in [1.54, 1.807) is 7.11 Å². The number of urea groups is 1. The summed E-state index contributed by atoms with van der Waals surface area (Å²) in [6, 6.07) is 17.2. The van der Waals surface area contributed by atoms with Crippen molar-refractivity contribution in [2.24, 2.45) is 0 Å². The number of aliphatic hydroxyl groups excluding tert-OH is 1. The van der Waals surface area contributed by atoms with Crippen molar-refractivity contribution in [1.82, 2.24) is 15.1 Å². The Balaban J connectivity index is 1.55. The molecule has 6 heteroatoms. The molecule has 6 nitrogen and oxygen atoms in total. The zero-order valence-electron chi connectivity index (χ0n) is 19.3. The first-order chi connectivity index (χ1) is 15.5. The lowest BCUT2D eigenvalue weighted by atomic mass is 9.74. The van der Waals surface area contributed by atoms with Gasteiger partial charge in [-0.1, -0.05) is 36.4 Å². The summed E-state index contributed by atoms with van der Waals surface area (Å²) in [4.78, 5) is 17.1. The normalized spacial score (nSPS) is 23.7. The second-order valence-corrected chi connectivity index (χ2v) is 9.19.